The molecule has 1 aliphatic carbocycles. The number of aryl methyl sites for hydroxylation is 1. The van der Waals surface area contributed by atoms with E-state index >= 15 is 0 Å². The van der Waals surface area contributed by atoms with E-state index < -0.39 is 0 Å². The van der Waals surface area contributed by atoms with Crippen LogP contribution in [0, 0.1) is 5.92 Å². The zero-order chi connectivity index (χ0) is 19.5. The fourth-order valence-electron chi connectivity index (χ4n) is 3.59. The third-order valence-corrected chi connectivity index (χ3v) is 6.37. The zero-order valence-corrected chi connectivity index (χ0v) is 17.1. The quantitative estimate of drug-likeness (QED) is 0.440. The number of benzene rings is 1. The van der Waals surface area contributed by atoms with Crippen molar-refractivity contribution in [3.63, 3.8) is 0 Å². The highest BCUT2D eigenvalue weighted by molar-refractivity contribution is 7.19. The Hall–Kier alpha value is -2.47. The molecule has 0 unspecified atom stereocenters. The Morgan fingerprint density at radius 3 is 2.89 bits per heavy atom. The molecule has 1 aromatic carbocycles. The number of ether oxygens (including phenoxy) is 1. The Morgan fingerprint density at radius 2 is 2.11 bits per heavy atom. The molecule has 2 aromatic heterocycles. The summed E-state index contributed by atoms with van der Waals surface area (Å²) >= 11 is 1.79. The van der Waals surface area contributed by atoms with Gasteiger partial charge in [-0.05, 0) is 61.4 Å². The lowest BCUT2D eigenvalue weighted by Gasteiger charge is -2.18. The van der Waals surface area contributed by atoms with E-state index in [1.54, 1.807) is 29.8 Å². The molecule has 4 rings (SSSR count). The van der Waals surface area contributed by atoms with Gasteiger partial charge in [-0.25, -0.2) is 14.8 Å². The lowest BCUT2D eigenvalue weighted by molar-refractivity contribution is 0.0500. The molecule has 0 saturated heterocycles. The van der Waals surface area contributed by atoms with E-state index in [0.29, 0.717) is 12.2 Å². The summed E-state index contributed by atoms with van der Waals surface area (Å²) in [6.07, 6.45) is 6.94. The van der Waals surface area contributed by atoms with Crippen molar-refractivity contribution in [2.24, 2.45) is 5.92 Å². The fourth-order valence-corrected chi connectivity index (χ4v) is 4.94. The maximum Gasteiger partial charge on any atom is 0.338 e. The number of thiophene rings is 1. The SMILES string of the molecule is CCCCOC(=O)c1ccc(Nc2ncnc3sc4c(c23)CC[C@@H](C)C4)cc1. The number of aromatic nitrogens is 2. The maximum atomic E-state index is 12.1. The second-order valence-corrected chi connectivity index (χ2v) is 8.53. The van der Waals surface area contributed by atoms with Gasteiger partial charge < -0.3 is 10.1 Å². The fraction of sp³-hybridized carbons (Fsp3) is 0.409. The second-order valence-electron chi connectivity index (χ2n) is 7.45. The minimum atomic E-state index is -0.273. The van der Waals surface area contributed by atoms with Crippen molar-refractivity contribution in [1.82, 2.24) is 9.97 Å². The Labute approximate surface area is 169 Å². The largest absolute Gasteiger partial charge is 0.462 e. The predicted octanol–water partition coefficient (Wildman–Crippen LogP) is 5.52. The van der Waals surface area contributed by atoms with Crippen molar-refractivity contribution in [1.29, 1.82) is 0 Å². The van der Waals surface area contributed by atoms with Gasteiger partial charge in [0.25, 0.3) is 0 Å². The summed E-state index contributed by atoms with van der Waals surface area (Å²) in [5.41, 5.74) is 2.86. The summed E-state index contributed by atoms with van der Waals surface area (Å²) in [7, 11) is 0. The lowest BCUT2D eigenvalue weighted by atomic mass is 9.89. The van der Waals surface area contributed by atoms with Crippen LogP contribution < -0.4 is 5.32 Å². The van der Waals surface area contributed by atoms with Crippen LogP contribution in [0.1, 0.15) is 53.9 Å². The first-order valence-electron chi connectivity index (χ1n) is 9.95. The van der Waals surface area contributed by atoms with E-state index in [4.69, 9.17) is 4.74 Å². The predicted molar refractivity (Wildman–Crippen MR) is 114 cm³/mol. The van der Waals surface area contributed by atoms with E-state index in [2.05, 4.69) is 29.1 Å². The maximum absolute atomic E-state index is 12.1. The third kappa shape index (κ3) is 3.87. The average Bonchev–Trinajstić information content (AvgIpc) is 3.07. The van der Waals surface area contributed by atoms with Crippen molar-refractivity contribution >= 4 is 39.0 Å². The van der Waals surface area contributed by atoms with Gasteiger partial charge in [-0.15, -0.1) is 11.3 Å². The number of hydrogen-bond donors (Lipinski definition) is 1. The number of carbonyl (C=O) groups excluding carboxylic acids is 1. The topological polar surface area (TPSA) is 64.1 Å². The molecule has 0 bridgehead atoms. The summed E-state index contributed by atoms with van der Waals surface area (Å²) in [4.78, 5) is 23.5. The van der Waals surface area contributed by atoms with Gasteiger partial charge >= 0.3 is 5.97 Å². The molecule has 0 spiro atoms. The van der Waals surface area contributed by atoms with Crippen molar-refractivity contribution < 1.29 is 9.53 Å². The molecule has 0 aliphatic heterocycles. The molecular weight excluding hydrogens is 370 g/mol. The molecular formula is C22H25N3O2S. The van der Waals surface area contributed by atoms with Gasteiger partial charge in [0.15, 0.2) is 0 Å². The smallest absolute Gasteiger partial charge is 0.338 e. The number of unbranched alkanes of at least 4 members (excludes halogenated alkanes) is 1. The minimum absolute atomic E-state index is 0.273. The molecule has 1 N–H and O–H groups in total. The van der Waals surface area contributed by atoms with Crippen LogP contribution >= 0.6 is 11.3 Å². The third-order valence-electron chi connectivity index (χ3n) is 5.21. The van der Waals surface area contributed by atoms with E-state index in [-0.39, 0.29) is 5.97 Å². The molecule has 0 fully saturated rings. The highest BCUT2D eigenvalue weighted by atomic mass is 32.1. The van der Waals surface area contributed by atoms with Gasteiger partial charge in [0.05, 0.1) is 17.6 Å². The van der Waals surface area contributed by atoms with Gasteiger partial charge in [-0.3, -0.25) is 0 Å². The van der Waals surface area contributed by atoms with Gasteiger partial charge in [0, 0.05) is 10.6 Å². The number of hydrogen-bond acceptors (Lipinski definition) is 6. The second kappa shape index (κ2) is 8.27. The van der Waals surface area contributed by atoms with Crippen molar-refractivity contribution in [2.75, 3.05) is 11.9 Å². The van der Waals surface area contributed by atoms with Crippen LogP contribution in [0.4, 0.5) is 11.5 Å². The van der Waals surface area contributed by atoms with Crippen molar-refractivity contribution in [2.45, 2.75) is 46.0 Å². The van der Waals surface area contributed by atoms with Crippen LogP contribution in [-0.4, -0.2) is 22.5 Å². The lowest BCUT2D eigenvalue weighted by Crippen LogP contribution is -2.09. The van der Waals surface area contributed by atoms with Crippen molar-refractivity contribution in [3.05, 3.63) is 46.6 Å². The van der Waals surface area contributed by atoms with Crippen LogP contribution in [-0.2, 0) is 17.6 Å². The molecule has 1 atom stereocenters. The normalized spacial score (nSPS) is 16.0. The molecule has 1 aliphatic rings. The van der Waals surface area contributed by atoms with Gasteiger partial charge in [-0.2, -0.15) is 0 Å². The molecule has 0 amide bonds. The van der Waals surface area contributed by atoms with E-state index in [0.717, 1.165) is 53.3 Å². The number of rotatable bonds is 6. The number of fused-ring (bicyclic) bond motifs is 3. The van der Waals surface area contributed by atoms with Gasteiger partial charge in [0.2, 0.25) is 0 Å². The number of nitrogens with one attached hydrogen (secondary N) is 1. The summed E-state index contributed by atoms with van der Waals surface area (Å²) in [5.74, 6) is 1.30. The number of carbonyl (C=O) groups is 1. The summed E-state index contributed by atoms with van der Waals surface area (Å²) < 4.78 is 5.27. The van der Waals surface area contributed by atoms with Crippen LogP contribution in [0.5, 0.6) is 0 Å². The number of nitrogens with zero attached hydrogens (tertiary/aromatic N) is 2. The summed E-state index contributed by atoms with van der Waals surface area (Å²) in [5, 5.41) is 4.57. The Morgan fingerprint density at radius 1 is 1.29 bits per heavy atom. The molecule has 3 aromatic rings. The Balaban J connectivity index is 1.55. The first-order valence-corrected chi connectivity index (χ1v) is 10.8. The highest BCUT2D eigenvalue weighted by Crippen LogP contribution is 2.40. The molecule has 28 heavy (non-hydrogen) atoms. The molecule has 2 heterocycles. The molecule has 146 valence electrons. The van der Waals surface area contributed by atoms with Gasteiger partial charge in [0.1, 0.15) is 17.0 Å². The standard InChI is InChI=1S/C22H25N3O2S/c1-3-4-11-27-22(26)15-6-8-16(9-7-15)25-20-19-17-10-5-14(2)12-18(17)28-21(19)24-13-23-20/h6-9,13-14H,3-5,10-12H2,1-2H3,(H,23,24,25)/t14-/m1/s1. The summed E-state index contributed by atoms with van der Waals surface area (Å²) in [6.45, 7) is 4.85. The van der Waals surface area contributed by atoms with Crippen LogP contribution in [0.25, 0.3) is 10.2 Å². The highest BCUT2D eigenvalue weighted by Gasteiger charge is 2.23. The Bertz CT molecular complexity index is 981. The number of anilines is 2. The van der Waals surface area contributed by atoms with E-state index in [1.165, 1.54) is 16.9 Å². The zero-order valence-electron chi connectivity index (χ0n) is 16.3. The van der Waals surface area contributed by atoms with E-state index in [1.807, 2.05) is 12.1 Å². The van der Waals surface area contributed by atoms with Crippen LogP contribution in [0.15, 0.2) is 30.6 Å². The first-order chi connectivity index (χ1) is 13.7. The number of esters is 1. The van der Waals surface area contributed by atoms with E-state index in [9.17, 15) is 4.79 Å². The van der Waals surface area contributed by atoms with Crippen molar-refractivity contribution in [3.8, 4) is 0 Å². The van der Waals surface area contributed by atoms with Gasteiger partial charge in [-0.1, -0.05) is 20.3 Å². The first kappa shape index (κ1) is 18.9. The molecule has 6 heteroatoms. The van der Waals surface area contributed by atoms with Crippen LogP contribution in [0.3, 0.4) is 0 Å². The molecule has 5 nitrogen and oxygen atoms in total. The van der Waals surface area contributed by atoms with Crippen LogP contribution in [0.2, 0.25) is 0 Å². The summed E-state index contributed by atoms with van der Waals surface area (Å²) in [6, 6.07) is 7.37. The average molecular weight is 396 g/mol. The molecule has 0 radical (unpaired) electrons. The monoisotopic (exact) mass is 395 g/mol. The minimum Gasteiger partial charge on any atom is -0.462 e. The molecule has 0 saturated carbocycles. The Kier molecular flexibility index (Phi) is 5.57.